The van der Waals surface area contributed by atoms with E-state index in [0.29, 0.717) is 11.6 Å². The minimum Gasteiger partial charge on any atom is -0.387 e. The fourth-order valence-electron chi connectivity index (χ4n) is 4.30. The van der Waals surface area contributed by atoms with Crippen molar-refractivity contribution >= 4 is 30.2 Å². The highest BCUT2D eigenvalue weighted by Gasteiger charge is 2.44. The number of rotatable bonds is 7. The summed E-state index contributed by atoms with van der Waals surface area (Å²) in [4.78, 5) is 26.5. The van der Waals surface area contributed by atoms with Crippen LogP contribution < -0.4 is 0 Å². The van der Waals surface area contributed by atoms with Crippen molar-refractivity contribution in [2.75, 3.05) is 13.0 Å². The Labute approximate surface area is 178 Å². The van der Waals surface area contributed by atoms with Gasteiger partial charge >= 0.3 is 7.60 Å². The lowest BCUT2D eigenvalue weighted by Crippen LogP contribution is -2.33. The smallest absolute Gasteiger partial charge is 0.350 e. The van der Waals surface area contributed by atoms with Crippen LogP contribution in [-0.2, 0) is 20.5 Å². The number of fused-ring (bicyclic) bond motifs is 1. The molecule has 4 atom stereocenters. The number of aromatic nitrogens is 3. The summed E-state index contributed by atoms with van der Waals surface area (Å²) in [5, 5.41) is 21.7. The molecule has 4 rings (SSSR count). The summed E-state index contributed by atoms with van der Waals surface area (Å²) in [7, 11) is -4.34. The molecular formula is C18H25ClN3O7P. The van der Waals surface area contributed by atoms with Crippen molar-refractivity contribution in [3.63, 3.8) is 0 Å². The van der Waals surface area contributed by atoms with E-state index in [1.54, 1.807) is 10.8 Å². The molecule has 0 radical (unpaired) electrons. The van der Waals surface area contributed by atoms with E-state index in [0.717, 1.165) is 30.3 Å². The van der Waals surface area contributed by atoms with E-state index in [1.165, 1.54) is 12.8 Å². The Balaban J connectivity index is 1.55. The molecule has 166 valence electrons. The maximum atomic E-state index is 10.9. The Morgan fingerprint density at radius 1 is 1.23 bits per heavy atom. The van der Waals surface area contributed by atoms with Crippen molar-refractivity contribution in [3.05, 3.63) is 23.2 Å². The van der Waals surface area contributed by atoms with Crippen molar-refractivity contribution in [2.24, 2.45) is 5.92 Å². The number of nitrogens with zero attached hydrogens (tertiary/aromatic N) is 3. The third kappa shape index (κ3) is 4.71. The fourth-order valence-corrected chi connectivity index (χ4v) is 4.82. The van der Waals surface area contributed by atoms with Crippen LogP contribution in [0.3, 0.4) is 0 Å². The fraction of sp³-hybridized carbons (Fsp3) is 0.667. The molecule has 1 saturated carbocycles. The zero-order valence-corrected chi connectivity index (χ0v) is 17.8. The highest BCUT2D eigenvalue weighted by atomic mass is 35.5. The van der Waals surface area contributed by atoms with E-state index in [4.69, 9.17) is 30.9 Å². The second-order valence-electron chi connectivity index (χ2n) is 7.97. The molecule has 0 spiro atoms. The zero-order chi connectivity index (χ0) is 21.5. The molecule has 0 bridgehead atoms. The van der Waals surface area contributed by atoms with Gasteiger partial charge in [-0.05, 0) is 30.0 Å². The minimum absolute atomic E-state index is 0.102. The summed E-state index contributed by atoms with van der Waals surface area (Å²) in [6.45, 7) is -0.276. The average Bonchev–Trinajstić information content (AvgIpc) is 3.37. The molecule has 12 heteroatoms. The maximum Gasteiger partial charge on any atom is 0.350 e. The molecule has 3 heterocycles. The molecule has 4 N–H and O–H groups in total. The molecule has 2 aliphatic rings. The summed E-state index contributed by atoms with van der Waals surface area (Å²) < 4.78 is 23.2. The highest BCUT2D eigenvalue weighted by Crippen LogP contribution is 2.37. The molecule has 2 aromatic heterocycles. The van der Waals surface area contributed by atoms with Crippen molar-refractivity contribution in [3.8, 4) is 0 Å². The van der Waals surface area contributed by atoms with Crippen LogP contribution in [0.15, 0.2) is 12.3 Å². The molecule has 1 aliphatic heterocycles. The Kier molecular flexibility index (Phi) is 6.48. The first-order chi connectivity index (χ1) is 14.2. The number of aliphatic hydroxyl groups is 2. The molecule has 2 fully saturated rings. The molecule has 10 nitrogen and oxygen atoms in total. The van der Waals surface area contributed by atoms with Crippen LogP contribution in [0.1, 0.15) is 37.6 Å². The maximum absolute atomic E-state index is 10.9. The Bertz CT molecular complexity index is 945. The van der Waals surface area contributed by atoms with E-state index >= 15 is 0 Å². The quantitative estimate of drug-likeness (QED) is 0.356. The van der Waals surface area contributed by atoms with Gasteiger partial charge in [0.05, 0.1) is 12.3 Å². The molecule has 0 aromatic carbocycles. The van der Waals surface area contributed by atoms with Crippen LogP contribution in [0.25, 0.3) is 11.0 Å². The minimum atomic E-state index is -4.34. The Morgan fingerprint density at radius 3 is 2.67 bits per heavy atom. The number of aliphatic hydroxyl groups excluding tert-OH is 2. The second-order valence-corrected chi connectivity index (χ2v) is 9.89. The largest absolute Gasteiger partial charge is 0.387 e. The van der Waals surface area contributed by atoms with Gasteiger partial charge in [0.2, 0.25) is 5.28 Å². The van der Waals surface area contributed by atoms with E-state index < -0.39 is 38.5 Å². The molecule has 0 unspecified atom stereocenters. The number of halogens is 1. The Morgan fingerprint density at radius 2 is 1.97 bits per heavy atom. The lowest BCUT2D eigenvalue weighted by atomic mass is 10.0. The monoisotopic (exact) mass is 461 g/mol. The van der Waals surface area contributed by atoms with Crippen LogP contribution in [0.5, 0.6) is 0 Å². The second kappa shape index (κ2) is 8.80. The normalized spacial score (nSPS) is 28.0. The standard InChI is InChI=1S/C18H25ClN3O7P/c19-18-20-12(7-10-3-1-2-4-10)11-5-6-22(16(11)21-18)17-15(24)14(23)13(29-17)8-28-9-30(25,26)27/h5-6,10,13-15,17,23-24H,1-4,7-9H2,(H2,25,26,27)/t13-,14-,15-,17-/m1/s1. The Hall–Kier alpha value is -1.10. The SMILES string of the molecule is O=P(O)(O)COC[C@H]1O[C@@H](n2ccc3c(CC4CCCC4)nc(Cl)nc32)[C@H](O)[C@@H]1O. The van der Waals surface area contributed by atoms with Crippen molar-refractivity contribution < 1.29 is 34.0 Å². The van der Waals surface area contributed by atoms with Crippen LogP contribution >= 0.6 is 19.2 Å². The first-order valence-electron chi connectivity index (χ1n) is 9.90. The summed E-state index contributed by atoms with van der Waals surface area (Å²) >= 11 is 6.17. The zero-order valence-electron chi connectivity index (χ0n) is 16.2. The van der Waals surface area contributed by atoms with Gasteiger partial charge in [-0.15, -0.1) is 0 Å². The molecule has 0 amide bonds. The first-order valence-corrected chi connectivity index (χ1v) is 12.1. The molecule has 30 heavy (non-hydrogen) atoms. The van der Waals surface area contributed by atoms with Gasteiger partial charge in [0.15, 0.2) is 6.23 Å². The topological polar surface area (TPSA) is 147 Å². The van der Waals surface area contributed by atoms with Gasteiger partial charge in [-0.1, -0.05) is 25.7 Å². The summed E-state index contributed by atoms with van der Waals surface area (Å²) in [5.41, 5.74) is 1.35. The first kappa shape index (κ1) is 22.1. The molecular weight excluding hydrogens is 437 g/mol. The van der Waals surface area contributed by atoms with Crippen LogP contribution in [-0.4, -0.2) is 65.8 Å². The van der Waals surface area contributed by atoms with Crippen LogP contribution in [0.4, 0.5) is 0 Å². The van der Waals surface area contributed by atoms with E-state index in [2.05, 4.69) is 9.97 Å². The molecule has 1 saturated heterocycles. The molecule has 1 aliphatic carbocycles. The number of hydrogen-bond donors (Lipinski definition) is 4. The van der Waals surface area contributed by atoms with E-state index in [-0.39, 0.29) is 11.9 Å². The van der Waals surface area contributed by atoms with Gasteiger partial charge in [0.25, 0.3) is 0 Å². The summed E-state index contributed by atoms with van der Waals surface area (Å²) in [6.07, 6.45) is 2.00. The number of hydrogen-bond acceptors (Lipinski definition) is 7. The highest BCUT2D eigenvalue weighted by molar-refractivity contribution is 7.51. The van der Waals surface area contributed by atoms with Gasteiger partial charge in [-0.25, -0.2) is 4.98 Å². The van der Waals surface area contributed by atoms with Crippen molar-refractivity contribution in [1.82, 2.24) is 14.5 Å². The van der Waals surface area contributed by atoms with Crippen molar-refractivity contribution in [2.45, 2.75) is 56.6 Å². The molecule has 2 aromatic rings. The van der Waals surface area contributed by atoms with Crippen molar-refractivity contribution in [1.29, 1.82) is 0 Å². The summed E-state index contributed by atoms with van der Waals surface area (Å²) in [6, 6.07) is 1.84. The number of ether oxygens (including phenoxy) is 2. The third-order valence-electron chi connectivity index (χ3n) is 5.73. The van der Waals surface area contributed by atoms with Crippen LogP contribution in [0, 0.1) is 5.92 Å². The van der Waals surface area contributed by atoms with Gasteiger partial charge in [-0.2, -0.15) is 4.98 Å². The lowest BCUT2D eigenvalue weighted by molar-refractivity contribution is -0.0610. The van der Waals surface area contributed by atoms with E-state index in [1.807, 2.05) is 6.07 Å². The summed E-state index contributed by atoms with van der Waals surface area (Å²) in [5.74, 6) is 0.563. The lowest BCUT2D eigenvalue weighted by Gasteiger charge is -2.18. The van der Waals surface area contributed by atoms with Gasteiger partial charge < -0.3 is 34.0 Å². The van der Waals surface area contributed by atoms with Gasteiger partial charge in [0, 0.05) is 11.6 Å². The predicted molar refractivity (Wildman–Crippen MR) is 107 cm³/mol. The van der Waals surface area contributed by atoms with Gasteiger partial charge in [0.1, 0.15) is 30.3 Å². The van der Waals surface area contributed by atoms with E-state index in [9.17, 15) is 14.8 Å². The van der Waals surface area contributed by atoms with Crippen LogP contribution in [0.2, 0.25) is 5.28 Å². The third-order valence-corrected chi connectivity index (χ3v) is 6.42. The predicted octanol–water partition coefficient (Wildman–Crippen LogP) is 1.59. The van der Waals surface area contributed by atoms with Gasteiger partial charge in [-0.3, -0.25) is 4.57 Å². The average molecular weight is 462 g/mol.